The lowest BCUT2D eigenvalue weighted by molar-refractivity contribution is -0.145. The Morgan fingerprint density at radius 1 is 1.11 bits per heavy atom. The molecule has 0 spiro atoms. The van der Waals surface area contributed by atoms with E-state index in [0.29, 0.717) is 61.6 Å². The molecule has 0 radical (unpaired) electrons. The Labute approximate surface area is 226 Å². The quantitative estimate of drug-likeness (QED) is 0.485. The minimum Gasteiger partial charge on any atom is -0.394 e. The third-order valence-corrected chi connectivity index (χ3v) is 9.22. The number of aliphatic hydroxyl groups excluding tert-OH is 2. The van der Waals surface area contributed by atoms with Crippen LogP contribution in [0.4, 0.5) is 0 Å². The first kappa shape index (κ1) is 25.7. The highest BCUT2D eigenvalue weighted by Gasteiger charge is 2.40. The molecular formula is C29H34ClN3O5. The Kier molecular flexibility index (Phi) is 6.93. The number of hydrogen-bond acceptors (Lipinski definition) is 6. The van der Waals surface area contributed by atoms with Gasteiger partial charge < -0.3 is 20.2 Å². The van der Waals surface area contributed by atoms with Gasteiger partial charge in [0, 0.05) is 30.4 Å². The van der Waals surface area contributed by atoms with Gasteiger partial charge in [0.2, 0.25) is 5.91 Å². The van der Waals surface area contributed by atoms with Crippen LogP contribution in [0.1, 0.15) is 83.7 Å². The van der Waals surface area contributed by atoms with Crippen LogP contribution >= 0.6 is 11.6 Å². The van der Waals surface area contributed by atoms with Gasteiger partial charge in [-0.2, -0.15) is 9.78 Å². The highest BCUT2D eigenvalue weighted by atomic mass is 35.5. The summed E-state index contributed by atoms with van der Waals surface area (Å²) in [6.07, 6.45) is 7.07. The number of amides is 1. The molecule has 1 aliphatic heterocycles. The number of hydrogen-bond donors (Lipinski definition) is 3. The molecule has 38 heavy (non-hydrogen) atoms. The maximum absolute atomic E-state index is 14.1. The van der Waals surface area contributed by atoms with Crippen LogP contribution in [0.15, 0.2) is 24.3 Å². The fourth-order valence-electron chi connectivity index (χ4n) is 6.35. The molecule has 1 aromatic heterocycles. The topological polar surface area (TPSA) is 116 Å². The van der Waals surface area contributed by atoms with Crippen molar-refractivity contribution in [1.29, 1.82) is 0 Å². The van der Waals surface area contributed by atoms with Gasteiger partial charge >= 0.3 is 0 Å². The lowest BCUT2D eigenvalue weighted by atomic mass is 9.81. The number of allylic oxidation sites excluding steroid dienone is 2. The number of aromatic nitrogens is 2. The van der Waals surface area contributed by atoms with Crippen LogP contribution in [0, 0.1) is 11.8 Å². The van der Waals surface area contributed by atoms with Gasteiger partial charge in [-0.15, -0.1) is 0 Å². The predicted octanol–water partition coefficient (Wildman–Crippen LogP) is 3.29. The molecule has 8 nitrogen and oxygen atoms in total. The van der Waals surface area contributed by atoms with Crippen LogP contribution < -0.4 is 0 Å². The summed E-state index contributed by atoms with van der Waals surface area (Å²) in [6, 6.07) is 5.49. The summed E-state index contributed by atoms with van der Waals surface area (Å²) in [5.41, 5.74) is 5.01. The summed E-state index contributed by atoms with van der Waals surface area (Å²) >= 11 is 6.60. The number of benzene rings is 1. The second-order valence-corrected chi connectivity index (χ2v) is 11.7. The van der Waals surface area contributed by atoms with Gasteiger partial charge in [0.15, 0.2) is 6.29 Å². The molecule has 2 unspecified atom stereocenters. The maximum Gasteiger partial charge on any atom is 0.280 e. The Balaban J connectivity index is 1.38. The zero-order chi connectivity index (χ0) is 26.6. The number of likely N-dealkylation sites (tertiary alicyclic amines) is 1. The summed E-state index contributed by atoms with van der Waals surface area (Å²) in [7, 11) is 0. The molecule has 1 saturated heterocycles. The first-order valence-corrected chi connectivity index (χ1v) is 14.2. The van der Waals surface area contributed by atoms with Crippen LogP contribution in [-0.2, 0) is 17.6 Å². The zero-order valence-electron chi connectivity index (χ0n) is 21.4. The SMILES string of the molecule is O=C(C1CCc2c(C3=CCC(C(O)O)CC3)nn(C(=O)c3c(Cl)cccc3C3CC3)c2C1)N1CC[C@H]1CO. The van der Waals surface area contributed by atoms with Gasteiger partial charge in [0.25, 0.3) is 5.91 Å². The predicted molar refractivity (Wildman–Crippen MR) is 142 cm³/mol. The number of fused-ring (bicyclic) bond motifs is 1. The van der Waals surface area contributed by atoms with Crippen LogP contribution in [0.3, 0.4) is 0 Å². The van der Waals surface area contributed by atoms with Crippen molar-refractivity contribution >= 4 is 29.0 Å². The van der Waals surface area contributed by atoms with E-state index in [-0.39, 0.29) is 36.3 Å². The molecule has 6 rings (SSSR count). The zero-order valence-corrected chi connectivity index (χ0v) is 22.1. The van der Waals surface area contributed by atoms with Gasteiger partial charge in [-0.1, -0.05) is 29.8 Å². The lowest BCUT2D eigenvalue weighted by Crippen LogP contribution is -2.55. The normalized spacial score (nSPS) is 25.1. The molecule has 2 fully saturated rings. The fraction of sp³-hybridized carbons (Fsp3) is 0.552. The minimum absolute atomic E-state index is 0.0294. The minimum atomic E-state index is -1.35. The van der Waals surface area contributed by atoms with E-state index in [0.717, 1.165) is 47.4 Å². The molecule has 1 aromatic carbocycles. The lowest BCUT2D eigenvalue weighted by Gasteiger charge is -2.42. The molecule has 2 heterocycles. The average molecular weight is 540 g/mol. The molecule has 9 heteroatoms. The highest BCUT2D eigenvalue weighted by molar-refractivity contribution is 6.34. The second kappa shape index (κ2) is 10.2. The number of carbonyl (C=O) groups is 2. The van der Waals surface area contributed by atoms with E-state index < -0.39 is 6.29 Å². The van der Waals surface area contributed by atoms with Crippen molar-refractivity contribution in [2.75, 3.05) is 13.2 Å². The van der Waals surface area contributed by atoms with Crippen molar-refractivity contribution in [3.63, 3.8) is 0 Å². The molecule has 0 bridgehead atoms. The van der Waals surface area contributed by atoms with E-state index >= 15 is 0 Å². The third kappa shape index (κ3) is 4.51. The molecule has 3 N–H and O–H groups in total. The molecule has 1 saturated carbocycles. The molecule has 1 amide bonds. The van der Waals surface area contributed by atoms with Crippen molar-refractivity contribution in [1.82, 2.24) is 14.7 Å². The Hall–Kier alpha value is -2.52. The summed E-state index contributed by atoms with van der Waals surface area (Å²) in [5, 5.41) is 34.1. The first-order chi connectivity index (χ1) is 18.4. The number of halogens is 1. The number of aliphatic hydroxyl groups is 3. The Morgan fingerprint density at radius 2 is 1.92 bits per heavy atom. The Bertz CT molecular complexity index is 1300. The van der Waals surface area contributed by atoms with Crippen LogP contribution in [-0.4, -0.2) is 67.3 Å². The van der Waals surface area contributed by atoms with E-state index in [9.17, 15) is 24.9 Å². The van der Waals surface area contributed by atoms with Gasteiger partial charge in [0.05, 0.1) is 34.6 Å². The molecule has 4 aliphatic rings. The third-order valence-electron chi connectivity index (χ3n) is 8.91. The maximum atomic E-state index is 14.1. The van der Waals surface area contributed by atoms with Crippen molar-refractivity contribution in [3.8, 4) is 0 Å². The monoisotopic (exact) mass is 539 g/mol. The van der Waals surface area contributed by atoms with Gasteiger partial charge in [-0.05, 0) is 74.5 Å². The second-order valence-electron chi connectivity index (χ2n) is 11.2. The summed E-state index contributed by atoms with van der Waals surface area (Å²) in [5.74, 6) is -0.365. The van der Waals surface area contributed by atoms with Gasteiger partial charge in [-0.3, -0.25) is 9.59 Å². The van der Waals surface area contributed by atoms with Gasteiger partial charge in [0.1, 0.15) is 0 Å². The number of rotatable bonds is 6. The summed E-state index contributed by atoms with van der Waals surface area (Å²) in [4.78, 5) is 29.2. The van der Waals surface area contributed by atoms with E-state index in [2.05, 4.69) is 0 Å². The van der Waals surface area contributed by atoms with Crippen LogP contribution in [0.25, 0.3) is 5.57 Å². The molecule has 3 aliphatic carbocycles. The number of carbonyl (C=O) groups excluding carboxylic acids is 2. The van der Waals surface area contributed by atoms with E-state index in [4.69, 9.17) is 16.7 Å². The van der Waals surface area contributed by atoms with Crippen LogP contribution in [0.5, 0.6) is 0 Å². The fourth-order valence-corrected chi connectivity index (χ4v) is 6.61. The largest absolute Gasteiger partial charge is 0.394 e. The summed E-state index contributed by atoms with van der Waals surface area (Å²) < 4.78 is 1.49. The van der Waals surface area contributed by atoms with Crippen molar-refractivity contribution < 1.29 is 24.9 Å². The Morgan fingerprint density at radius 3 is 2.55 bits per heavy atom. The number of nitrogens with zero attached hydrogens (tertiary/aromatic N) is 3. The van der Waals surface area contributed by atoms with Crippen molar-refractivity contribution in [3.05, 3.63) is 57.4 Å². The van der Waals surface area contributed by atoms with Gasteiger partial charge in [-0.25, -0.2) is 0 Å². The smallest absolute Gasteiger partial charge is 0.280 e. The van der Waals surface area contributed by atoms with E-state index in [1.165, 1.54) is 4.68 Å². The molecular weight excluding hydrogens is 506 g/mol. The van der Waals surface area contributed by atoms with E-state index in [1.54, 1.807) is 11.0 Å². The summed E-state index contributed by atoms with van der Waals surface area (Å²) in [6.45, 7) is 0.629. The van der Waals surface area contributed by atoms with Crippen molar-refractivity contribution in [2.45, 2.75) is 76.0 Å². The molecule has 202 valence electrons. The first-order valence-electron chi connectivity index (χ1n) is 13.8. The van der Waals surface area contributed by atoms with Crippen molar-refractivity contribution in [2.24, 2.45) is 11.8 Å². The van der Waals surface area contributed by atoms with E-state index in [1.807, 2.05) is 18.2 Å². The standard InChI is InChI=1S/C29H34ClN3O5/c30-23-3-1-2-21(16-4-5-16)25(23)28(36)33-24-14-19(27(35)32-13-12-20(32)15-34)10-11-22(24)26(31-33)17-6-8-18(9-7-17)29(37)38/h1-3,6,16,18-20,29,34,37-38H,4-5,7-15H2/t18?,19?,20-/m0/s1. The molecule has 3 atom stereocenters. The van der Waals surface area contributed by atoms with Crippen LogP contribution in [0.2, 0.25) is 5.02 Å². The highest BCUT2D eigenvalue weighted by Crippen LogP contribution is 2.44. The molecule has 2 aromatic rings. The average Bonchev–Trinajstić information content (AvgIpc) is 3.68.